The summed E-state index contributed by atoms with van der Waals surface area (Å²) in [6.07, 6.45) is 2.45. The molecule has 1 saturated heterocycles. The van der Waals surface area contributed by atoms with Crippen LogP contribution in [-0.2, 0) is 10.3 Å². The molecule has 1 saturated carbocycles. The lowest BCUT2D eigenvalue weighted by atomic mass is 9.58. The van der Waals surface area contributed by atoms with Gasteiger partial charge in [0.2, 0.25) is 0 Å². The summed E-state index contributed by atoms with van der Waals surface area (Å²) < 4.78 is 0. The first kappa shape index (κ1) is 16.0. The monoisotopic (exact) mass is 301 g/mol. The van der Waals surface area contributed by atoms with E-state index in [2.05, 4.69) is 71.9 Å². The highest BCUT2D eigenvalue weighted by Gasteiger charge is 2.55. The topological polar surface area (TPSA) is 12.5 Å². The van der Waals surface area contributed by atoms with Crippen LogP contribution in [0.2, 0.25) is 0 Å². The molecule has 1 aromatic rings. The van der Waals surface area contributed by atoms with Gasteiger partial charge in [-0.1, -0.05) is 37.6 Å². The molecular weight excluding hydrogens is 270 g/mol. The van der Waals surface area contributed by atoms with E-state index in [-0.39, 0.29) is 11.0 Å². The zero-order valence-electron chi connectivity index (χ0n) is 15.2. The molecule has 0 radical (unpaired) electrons. The first-order valence-electron chi connectivity index (χ1n) is 8.64. The van der Waals surface area contributed by atoms with Crippen LogP contribution in [0.5, 0.6) is 0 Å². The lowest BCUT2D eigenvalue weighted by Gasteiger charge is -2.47. The first-order valence-corrected chi connectivity index (χ1v) is 8.64. The van der Waals surface area contributed by atoms with Crippen molar-refractivity contribution in [1.29, 1.82) is 0 Å². The van der Waals surface area contributed by atoms with Crippen LogP contribution in [0, 0.1) is 25.7 Å². The maximum Gasteiger partial charge on any atom is 0.0887 e. The Balaban J connectivity index is 1.99. The Kier molecular flexibility index (Phi) is 3.69. The molecule has 0 amide bonds. The van der Waals surface area contributed by atoms with E-state index in [1.807, 2.05) is 0 Å². The van der Waals surface area contributed by atoms with E-state index in [1.165, 1.54) is 29.5 Å². The van der Waals surface area contributed by atoms with Gasteiger partial charge in [-0.25, -0.2) is 0 Å². The van der Waals surface area contributed by atoms with Crippen LogP contribution in [0.4, 0.5) is 0 Å². The summed E-state index contributed by atoms with van der Waals surface area (Å²) >= 11 is 0. The van der Waals surface area contributed by atoms with Crippen molar-refractivity contribution in [1.82, 2.24) is 5.06 Å². The van der Waals surface area contributed by atoms with E-state index in [9.17, 15) is 0 Å². The number of hydrogen-bond donors (Lipinski definition) is 0. The number of rotatable bonds is 1. The van der Waals surface area contributed by atoms with E-state index in [0.29, 0.717) is 17.9 Å². The minimum absolute atomic E-state index is 0.0615. The predicted octanol–water partition coefficient (Wildman–Crippen LogP) is 4.63. The fraction of sp³-hybridized carbons (Fsp3) is 0.700. The average molecular weight is 301 g/mol. The van der Waals surface area contributed by atoms with Crippen molar-refractivity contribution in [2.45, 2.75) is 71.4 Å². The molecule has 0 unspecified atom stereocenters. The standard InChI is InChI=1S/C20H31NO/c1-13-8-9-16(14(2)10-13)20(6)11-15(3)18-17(12-20)19(4,5)22-21(18)7/h8-10,15,17-18H,11-12H2,1-7H3/t15-,17+,18+,20+/m0/s1. The molecule has 0 N–H and O–H groups in total. The summed E-state index contributed by atoms with van der Waals surface area (Å²) in [6.45, 7) is 13.8. The number of nitrogens with zero attached hydrogens (tertiary/aromatic N) is 1. The summed E-state index contributed by atoms with van der Waals surface area (Å²) in [4.78, 5) is 6.18. The third-order valence-corrected chi connectivity index (χ3v) is 6.16. The van der Waals surface area contributed by atoms with Gasteiger partial charge in [-0.05, 0) is 63.0 Å². The molecule has 3 rings (SSSR count). The SMILES string of the molecule is Cc1ccc([C@@]2(C)C[C@@H]3[C@@H]([C@@H](C)C2)N(C)OC3(C)C)c(C)c1. The molecule has 2 fully saturated rings. The van der Waals surface area contributed by atoms with Crippen LogP contribution in [-0.4, -0.2) is 23.8 Å². The Labute approximate surface area is 135 Å². The molecular formula is C20H31NO. The van der Waals surface area contributed by atoms with Crippen molar-refractivity contribution in [3.63, 3.8) is 0 Å². The summed E-state index contributed by atoms with van der Waals surface area (Å²) in [5.41, 5.74) is 4.53. The summed E-state index contributed by atoms with van der Waals surface area (Å²) in [5, 5.41) is 2.14. The van der Waals surface area contributed by atoms with Crippen LogP contribution >= 0.6 is 0 Å². The summed E-state index contributed by atoms with van der Waals surface area (Å²) in [5.74, 6) is 1.24. The Morgan fingerprint density at radius 1 is 1.14 bits per heavy atom. The van der Waals surface area contributed by atoms with Gasteiger partial charge in [0.25, 0.3) is 0 Å². The van der Waals surface area contributed by atoms with Crippen molar-refractivity contribution in [2.75, 3.05) is 7.05 Å². The maximum absolute atomic E-state index is 6.18. The van der Waals surface area contributed by atoms with E-state index in [1.54, 1.807) is 0 Å². The number of aryl methyl sites for hydroxylation is 2. The van der Waals surface area contributed by atoms with Crippen molar-refractivity contribution < 1.29 is 4.84 Å². The molecule has 2 nitrogen and oxygen atoms in total. The van der Waals surface area contributed by atoms with Crippen molar-refractivity contribution >= 4 is 0 Å². The highest BCUT2D eigenvalue weighted by molar-refractivity contribution is 5.37. The van der Waals surface area contributed by atoms with Gasteiger partial charge in [-0.15, -0.1) is 0 Å². The molecule has 0 aromatic heterocycles. The zero-order valence-corrected chi connectivity index (χ0v) is 15.2. The van der Waals surface area contributed by atoms with Gasteiger partial charge in [-0.3, -0.25) is 4.84 Å². The molecule has 22 heavy (non-hydrogen) atoms. The van der Waals surface area contributed by atoms with Gasteiger partial charge in [0, 0.05) is 19.0 Å². The first-order chi connectivity index (χ1) is 10.1. The largest absolute Gasteiger partial charge is 0.293 e. The normalized spacial score (nSPS) is 38.0. The molecule has 0 bridgehead atoms. The summed E-state index contributed by atoms with van der Waals surface area (Å²) in [6, 6.07) is 7.52. The average Bonchev–Trinajstić information content (AvgIpc) is 2.58. The molecule has 1 aliphatic carbocycles. The van der Waals surface area contributed by atoms with E-state index in [0.717, 1.165) is 0 Å². The smallest absolute Gasteiger partial charge is 0.0887 e. The van der Waals surface area contributed by atoms with E-state index < -0.39 is 0 Å². The number of hydroxylamine groups is 2. The molecule has 122 valence electrons. The number of fused-ring (bicyclic) bond motifs is 1. The van der Waals surface area contributed by atoms with Crippen molar-refractivity contribution in [3.8, 4) is 0 Å². The van der Waals surface area contributed by atoms with Gasteiger partial charge in [0.05, 0.1) is 5.60 Å². The fourth-order valence-electron chi connectivity index (χ4n) is 5.40. The molecule has 1 aromatic carbocycles. The van der Waals surface area contributed by atoms with Crippen LogP contribution in [0.1, 0.15) is 57.2 Å². The van der Waals surface area contributed by atoms with Crippen molar-refractivity contribution in [3.05, 3.63) is 34.9 Å². The molecule has 1 aliphatic heterocycles. The lowest BCUT2D eigenvalue weighted by Crippen LogP contribution is -2.48. The molecule has 1 heterocycles. The maximum atomic E-state index is 6.18. The highest BCUT2D eigenvalue weighted by atomic mass is 16.7. The van der Waals surface area contributed by atoms with Gasteiger partial charge in [0.15, 0.2) is 0 Å². The van der Waals surface area contributed by atoms with Crippen LogP contribution in [0.25, 0.3) is 0 Å². The lowest BCUT2D eigenvalue weighted by molar-refractivity contribution is -0.182. The zero-order chi connectivity index (χ0) is 16.3. The minimum Gasteiger partial charge on any atom is -0.293 e. The second-order valence-electron chi connectivity index (χ2n) is 8.60. The quantitative estimate of drug-likeness (QED) is 0.750. The van der Waals surface area contributed by atoms with Gasteiger partial charge in [-0.2, -0.15) is 5.06 Å². The third-order valence-electron chi connectivity index (χ3n) is 6.16. The van der Waals surface area contributed by atoms with E-state index >= 15 is 0 Å². The van der Waals surface area contributed by atoms with Crippen LogP contribution in [0.3, 0.4) is 0 Å². The Hall–Kier alpha value is -0.860. The second-order valence-corrected chi connectivity index (χ2v) is 8.60. The molecule has 4 atom stereocenters. The van der Waals surface area contributed by atoms with Gasteiger partial charge < -0.3 is 0 Å². The van der Waals surface area contributed by atoms with Crippen LogP contribution < -0.4 is 0 Å². The predicted molar refractivity (Wildman–Crippen MR) is 91.9 cm³/mol. The highest BCUT2D eigenvalue weighted by Crippen LogP contribution is 2.53. The molecule has 2 heteroatoms. The molecule has 2 aliphatic rings. The van der Waals surface area contributed by atoms with Crippen LogP contribution in [0.15, 0.2) is 18.2 Å². The Morgan fingerprint density at radius 2 is 1.82 bits per heavy atom. The third kappa shape index (κ3) is 2.41. The van der Waals surface area contributed by atoms with Crippen molar-refractivity contribution in [2.24, 2.45) is 11.8 Å². The minimum atomic E-state index is -0.0615. The Morgan fingerprint density at radius 3 is 2.45 bits per heavy atom. The number of benzene rings is 1. The van der Waals surface area contributed by atoms with E-state index in [4.69, 9.17) is 4.84 Å². The molecule has 0 spiro atoms. The number of hydrogen-bond acceptors (Lipinski definition) is 2. The Bertz CT molecular complexity index is 579. The second kappa shape index (κ2) is 5.07. The fourth-order valence-corrected chi connectivity index (χ4v) is 5.40. The van der Waals surface area contributed by atoms with Gasteiger partial charge in [0.1, 0.15) is 0 Å². The van der Waals surface area contributed by atoms with Gasteiger partial charge >= 0.3 is 0 Å². The summed E-state index contributed by atoms with van der Waals surface area (Å²) in [7, 11) is 2.11.